The molecule has 0 fully saturated rings. The second-order valence-electron chi connectivity index (χ2n) is 6.11. The highest BCUT2D eigenvalue weighted by atomic mass is 16.3. The first kappa shape index (κ1) is 16.9. The summed E-state index contributed by atoms with van der Waals surface area (Å²) in [5, 5.41) is 13.5. The number of carbonyl (C=O) groups excluding carboxylic acids is 1. The lowest BCUT2D eigenvalue weighted by Crippen LogP contribution is -2.36. The lowest BCUT2D eigenvalue weighted by Gasteiger charge is -2.18. The molecule has 3 N–H and O–H groups in total. The van der Waals surface area contributed by atoms with Gasteiger partial charge in [0, 0.05) is 23.1 Å². The average Bonchev–Trinajstić information content (AvgIpc) is 2.62. The number of aliphatic hydroxyl groups is 1. The number of pyridine rings is 1. The molecule has 128 valence electrons. The number of hydrogen-bond donors (Lipinski definition) is 3. The maximum atomic E-state index is 12.5. The van der Waals surface area contributed by atoms with Crippen LogP contribution in [0, 0.1) is 0 Å². The molecule has 0 aliphatic heterocycles. The summed E-state index contributed by atoms with van der Waals surface area (Å²) in [6.45, 7) is 1.80. The van der Waals surface area contributed by atoms with E-state index in [0.29, 0.717) is 17.3 Å². The molecule has 2 atom stereocenters. The van der Waals surface area contributed by atoms with Gasteiger partial charge in [-0.25, -0.2) is 0 Å². The standard InChI is InChI=1S/C20H20N2O3/c1-13(11-18(23)14-7-3-2-4-8-14)22-20(25)16-12-21-17-10-6-5-9-15(17)19(16)24/h2-10,12-13,18,23H,11H2,1H3,(H,21,24)(H,22,25). The van der Waals surface area contributed by atoms with Crippen molar-refractivity contribution in [2.75, 3.05) is 0 Å². The third kappa shape index (κ3) is 3.78. The molecule has 0 aliphatic rings. The number of aromatic amines is 1. The number of fused-ring (bicyclic) bond motifs is 1. The highest BCUT2D eigenvalue weighted by Crippen LogP contribution is 2.17. The Bertz CT molecular complexity index is 934. The number of amides is 1. The third-order valence-corrected chi connectivity index (χ3v) is 4.17. The second kappa shape index (κ2) is 7.32. The molecule has 2 aromatic carbocycles. The zero-order valence-electron chi connectivity index (χ0n) is 13.9. The van der Waals surface area contributed by atoms with Crippen molar-refractivity contribution in [2.24, 2.45) is 0 Å². The number of carbonyl (C=O) groups is 1. The maximum absolute atomic E-state index is 12.5. The van der Waals surface area contributed by atoms with Crippen LogP contribution in [0.4, 0.5) is 0 Å². The smallest absolute Gasteiger partial charge is 0.256 e. The molecule has 1 aromatic heterocycles. The molecule has 0 saturated carbocycles. The predicted octanol–water partition coefficient (Wildman–Crippen LogP) is 2.77. The first-order valence-electron chi connectivity index (χ1n) is 8.20. The average molecular weight is 336 g/mol. The van der Waals surface area contributed by atoms with Gasteiger partial charge in [-0.2, -0.15) is 0 Å². The van der Waals surface area contributed by atoms with Gasteiger partial charge in [0.2, 0.25) is 5.43 Å². The molecule has 25 heavy (non-hydrogen) atoms. The van der Waals surface area contributed by atoms with Crippen molar-refractivity contribution in [3.63, 3.8) is 0 Å². The SMILES string of the molecule is CC(CC(O)c1ccccc1)NC(=O)c1c[nH]c2ccccc2c1=O. The van der Waals surface area contributed by atoms with Gasteiger partial charge in [0.05, 0.1) is 6.10 Å². The van der Waals surface area contributed by atoms with Crippen LogP contribution < -0.4 is 10.7 Å². The summed E-state index contributed by atoms with van der Waals surface area (Å²) < 4.78 is 0. The van der Waals surface area contributed by atoms with Crippen LogP contribution in [0.25, 0.3) is 10.9 Å². The number of aliphatic hydroxyl groups excluding tert-OH is 1. The Balaban J connectivity index is 1.72. The summed E-state index contributed by atoms with van der Waals surface area (Å²) in [6, 6.07) is 16.1. The fraction of sp³-hybridized carbons (Fsp3) is 0.200. The van der Waals surface area contributed by atoms with Gasteiger partial charge in [-0.1, -0.05) is 42.5 Å². The molecule has 0 saturated heterocycles. The Kier molecular flexibility index (Phi) is 4.95. The maximum Gasteiger partial charge on any atom is 0.256 e. The van der Waals surface area contributed by atoms with Crippen molar-refractivity contribution in [2.45, 2.75) is 25.5 Å². The third-order valence-electron chi connectivity index (χ3n) is 4.17. The summed E-state index contributed by atoms with van der Waals surface area (Å²) in [7, 11) is 0. The van der Waals surface area contributed by atoms with Crippen molar-refractivity contribution in [1.82, 2.24) is 10.3 Å². The van der Waals surface area contributed by atoms with Crippen LogP contribution in [0.2, 0.25) is 0 Å². The van der Waals surface area contributed by atoms with E-state index in [9.17, 15) is 14.7 Å². The summed E-state index contributed by atoms with van der Waals surface area (Å²) in [5.74, 6) is -0.445. The van der Waals surface area contributed by atoms with Crippen molar-refractivity contribution < 1.29 is 9.90 Å². The van der Waals surface area contributed by atoms with E-state index in [4.69, 9.17) is 0 Å². The number of benzene rings is 2. The van der Waals surface area contributed by atoms with Gasteiger partial charge in [0.1, 0.15) is 5.56 Å². The van der Waals surface area contributed by atoms with Gasteiger partial charge < -0.3 is 15.4 Å². The molecule has 0 bridgehead atoms. The molecule has 3 aromatic rings. The van der Waals surface area contributed by atoms with E-state index in [1.54, 1.807) is 25.1 Å². The molecule has 1 amide bonds. The lowest BCUT2D eigenvalue weighted by molar-refractivity contribution is 0.0916. The molecule has 0 spiro atoms. The van der Waals surface area contributed by atoms with E-state index in [1.807, 2.05) is 36.4 Å². The van der Waals surface area contributed by atoms with Crippen LogP contribution in [0.15, 0.2) is 65.6 Å². The number of H-pyrrole nitrogens is 1. The molecule has 3 rings (SSSR count). The van der Waals surface area contributed by atoms with Gasteiger partial charge in [-0.15, -0.1) is 0 Å². The highest BCUT2D eigenvalue weighted by molar-refractivity contribution is 5.97. The predicted molar refractivity (Wildman–Crippen MR) is 97.5 cm³/mol. The van der Waals surface area contributed by atoms with Gasteiger partial charge >= 0.3 is 0 Å². The molecule has 2 unspecified atom stereocenters. The van der Waals surface area contributed by atoms with Gasteiger partial charge in [0.15, 0.2) is 0 Å². The Morgan fingerprint density at radius 1 is 1.12 bits per heavy atom. The normalized spacial score (nSPS) is 13.4. The van der Waals surface area contributed by atoms with Crippen molar-refractivity contribution in [3.05, 3.63) is 82.1 Å². The van der Waals surface area contributed by atoms with E-state index in [-0.39, 0.29) is 17.0 Å². The molecule has 5 nitrogen and oxygen atoms in total. The van der Waals surface area contributed by atoms with Crippen LogP contribution in [0.5, 0.6) is 0 Å². The highest BCUT2D eigenvalue weighted by Gasteiger charge is 2.17. The molecule has 1 heterocycles. The number of para-hydroxylation sites is 1. The molecule has 0 aliphatic carbocycles. The Labute approximate surface area is 145 Å². The fourth-order valence-corrected chi connectivity index (χ4v) is 2.84. The minimum atomic E-state index is -0.675. The molecular formula is C20H20N2O3. The number of aromatic nitrogens is 1. The topological polar surface area (TPSA) is 82.2 Å². The van der Waals surface area contributed by atoms with Crippen molar-refractivity contribution >= 4 is 16.8 Å². The van der Waals surface area contributed by atoms with Crippen LogP contribution in [0.1, 0.15) is 35.4 Å². The number of hydrogen-bond acceptors (Lipinski definition) is 3. The number of rotatable bonds is 5. The van der Waals surface area contributed by atoms with E-state index in [1.165, 1.54) is 6.20 Å². The lowest BCUT2D eigenvalue weighted by atomic mass is 10.0. The van der Waals surface area contributed by atoms with E-state index < -0.39 is 12.0 Å². The number of nitrogens with one attached hydrogen (secondary N) is 2. The summed E-state index contributed by atoms with van der Waals surface area (Å²) in [4.78, 5) is 27.9. The Morgan fingerprint density at radius 3 is 2.56 bits per heavy atom. The van der Waals surface area contributed by atoms with Crippen molar-refractivity contribution in [3.8, 4) is 0 Å². The summed E-state index contributed by atoms with van der Waals surface area (Å²) in [5.41, 5.74) is 1.26. The summed E-state index contributed by atoms with van der Waals surface area (Å²) in [6.07, 6.45) is 1.12. The first-order chi connectivity index (χ1) is 12.1. The largest absolute Gasteiger partial charge is 0.388 e. The van der Waals surface area contributed by atoms with Gasteiger partial charge in [-0.3, -0.25) is 9.59 Å². The van der Waals surface area contributed by atoms with Crippen LogP contribution in [-0.2, 0) is 0 Å². The quantitative estimate of drug-likeness (QED) is 0.670. The van der Waals surface area contributed by atoms with E-state index in [2.05, 4.69) is 10.3 Å². The van der Waals surface area contributed by atoms with E-state index >= 15 is 0 Å². The molecule has 5 heteroatoms. The first-order valence-corrected chi connectivity index (χ1v) is 8.20. The zero-order chi connectivity index (χ0) is 17.8. The Morgan fingerprint density at radius 2 is 1.80 bits per heavy atom. The Hall–Kier alpha value is -2.92. The monoisotopic (exact) mass is 336 g/mol. The second-order valence-corrected chi connectivity index (χ2v) is 6.11. The van der Waals surface area contributed by atoms with Crippen molar-refractivity contribution in [1.29, 1.82) is 0 Å². The van der Waals surface area contributed by atoms with E-state index in [0.717, 1.165) is 5.56 Å². The zero-order valence-corrected chi connectivity index (χ0v) is 13.9. The summed E-state index contributed by atoms with van der Waals surface area (Å²) >= 11 is 0. The molecule has 0 radical (unpaired) electrons. The molecular weight excluding hydrogens is 316 g/mol. The van der Waals surface area contributed by atoms with Gasteiger partial charge in [0.25, 0.3) is 5.91 Å². The van der Waals surface area contributed by atoms with Gasteiger partial charge in [-0.05, 0) is 31.0 Å². The van der Waals surface area contributed by atoms with Crippen LogP contribution in [-0.4, -0.2) is 22.0 Å². The fourth-order valence-electron chi connectivity index (χ4n) is 2.84. The minimum absolute atomic E-state index is 0.0692. The minimum Gasteiger partial charge on any atom is -0.388 e. The van der Waals surface area contributed by atoms with Crippen LogP contribution >= 0.6 is 0 Å². The van der Waals surface area contributed by atoms with Crippen LogP contribution in [0.3, 0.4) is 0 Å².